The van der Waals surface area contributed by atoms with Crippen molar-refractivity contribution in [3.05, 3.63) is 59.4 Å². The second-order valence-corrected chi connectivity index (χ2v) is 8.24. The fourth-order valence-corrected chi connectivity index (χ4v) is 4.22. The fraction of sp³-hybridized carbons (Fsp3) is 0.364. The van der Waals surface area contributed by atoms with Gasteiger partial charge < -0.3 is 14.7 Å². The fourth-order valence-electron chi connectivity index (χ4n) is 4.10. The molecule has 0 radical (unpaired) electrons. The van der Waals surface area contributed by atoms with Crippen molar-refractivity contribution in [3.63, 3.8) is 0 Å². The molecule has 0 bridgehead atoms. The number of anilines is 2. The first-order valence-electron chi connectivity index (χ1n) is 10.6. The summed E-state index contributed by atoms with van der Waals surface area (Å²) < 4.78 is 0. The Bertz CT molecular complexity index is 1040. The number of halogens is 1. The molecule has 0 aliphatic carbocycles. The Morgan fingerprint density at radius 2 is 1.55 bits per heavy atom. The van der Waals surface area contributed by atoms with Crippen molar-refractivity contribution < 1.29 is 4.79 Å². The van der Waals surface area contributed by atoms with E-state index < -0.39 is 0 Å². The number of benzene rings is 1. The molecule has 0 saturated carbocycles. The average molecular weight is 438 g/mol. The van der Waals surface area contributed by atoms with E-state index in [2.05, 4.69) is 19.9 Å². The van der Waals surface area contributed by atoms with Crippen LogP contribution in [0, 0.1) is 0 Å². The molecule has 2 fully saturated rings. The highest BCUT2D eigenvalue weighted by Gasteiger charge is 2.30. The van der Waals surface area contributed by atoms with Gasteiger partial charge in [0.25, 0.3) is 5.91 Å². The van der Waals surface area contributed by atoms with Crippen LogP contribution in [0.1, 0.15) is 23.3 Å². The monoisotopic (exact) mass is 437 g/mol. The third kappa shape index (κ3) is 4.07. The molecule has 2 aromatic heterocycles. The lowest BCUT2D eigenvalue weighted by Gasteiger charge is -2.35. The minimum Gasteiger partial charge on any atom is -0.353 e. The summed E-state index contributed by atoms with van der Waals surface area (Å²) in [7, 11) is 0. The molecule has 0 spiro atoms. The van der Waals surface area contributed by atoms with Crippen LogP contribution in [0.15, 0.2) is 48.7 Å². The van der Waals surface area contributed by atoms with Crippen molar-refractivity contribution in [2.45, 2.75) is 12.8 Å². The highest BCUT2D eigenvalue weighted by molar-refractivity contribution is 6.30. The molecule has 9 heteroatoms. The molecule has 0 N–H and O–H groups in total. The topological polar surface area (TPSA) is 70.4 Å². The summed E-state index contributed by atoms with van der Waals surface area (Å²) in [5.41, 5.74) is 1.20. The summed E-state index contributed by atoms with van der Waals surface area (Å²) in [6.07, 6.45) is 3.89. The molecule has 2 saturated heterocycles. The Kier molecular flexibility index (Phi) is 5.46. The number of hydrogen-bond acceptors (Lipinski definition) is 6. The zero-order chi connectivity index (χ0) is 21.2. The van der Waals surface area contributed by atoms with Gasteiger partial charge in [0.15, 0.2) is 11.5 Å². The Balaban J connectivity index is 1.42. The summed E-state index contributed by atoms with van der Waals surface area (Å²) in [5.74, 6) is 1.58. The lowest BCUT2D eigenvalue weighted by molar-refractivity contribution is 0.0787. The van der Waals surface area contributed by atoms with Crippen molar-refractivity contribution in [2.24, 2.45) is 0 Å². The van der Waals surface area contributed by atoms with Gasteiger partial charge in [-0.1, -0.05) is 17.7 Å². The number of piperazine rings is 1. The molecule has 0 unspecified atom stereocenters. The maximum Gasteiger partial charge on any atom is 0.278 e. The van der Waals surface area contributed by atoms with Gasteiger partial charge >= 0.3 is 0 Å². The third-order valence-corrected chi connectivity index (χ3v) is 6.05. The van der Waals surface area contributed by atoms with Gasteiger partial charge in [-0.25, -0.2) is 4.98 Å². The SMILES string of the molecule is O=C(c1nn(-c2ccc(Cl)cc2)nc1N1CCN(c2ccccn2)CC1)N1CCCC1. The summed E-state index contributed by atoms with van der Waals surface area (Å²) in [5, 5.41) is 9.99. The minimum absolute atomic E-state index is 0.0418. The van der Waals surface area contributed by atoms with Gasteiger partial charge in [-0.2, -0.15) is 0 Å². The van der Waals surface area contributed by atoms with Gasteiger partial charge in [-0.05, 0) is 49.2 Å². The van der Waals surface area contributed by atoms with E-state index in [-0.39, 0.29) is 5.91 Å². The first kappa shape index (κ1) is 19.8. The van der Waals surface area contributed by atoms with Crippen LogP contribution >= 0.6 is 11.6 Å². The first-order chi connectivity index (χ1) is 15.2. The number of aromatic nitrogens is 4. The Morgan fingerprint density at radius 1 is 0.839 bits per heavy atom. The second kappa shape index (κ2) is 8.55. The van der Waals surface area contributed by atoms with Crippen LogP contribution in [0.3, 0.4) is 0 Å². The Hall–Kier alpha value is -3.13. The van der Waals surface area contributed by atoms with E-state index in [1.165, 1.54) is 0 Å². The summed E-state index contributed by atoms with van der Waals surface area (Å²) in [4.78, 5) is 25.5. The average Bonchev–Trinajstić information content (AvgIpc) is 3.51. The van der Waals surface area contributed by atoms with E-state index >= 15 is 0 Å². The van der Waals surface area contributed by atoms with Crippen LogP contribution < -0.4 is 9.80 Å². The standard InChI is InChI=1S/C22H24ClN7O/c23-17-6-8-18(9-7-17)30-25-20(22(31)29-11-3-4-12-29)21(26-30)28-15-13-27(14-16-28)19-5-1-2-10-24-19/h1-2,5-10H,3-4,11-16H2. The Labute approximate surface area is 186 Å². The van der Waals surface area contributed by atoms with Gasteiger partial charge in [-0.3, -0.25) is 4.79 Å². The third-order valence-electron chi connectivity index (χ3n) is 5.80. The molecule has 2 aliphatic rings. The number of carbonyl (C=O) groups is 1. The van der Waals surface area contributed by atoms with Crippen LogP contribution in [0.5, 0.6) is 0 Å². The highest BCUT2D eigenvalue weighted by Crippen LogP contribution is 2.24. The lowest BCUT2D eigenvalue weighted by Crippen LogP contribution is -2.47. The summed E-state index contributed by atoms with van der Waals surface area (Å²) >= 11 is 6.03. The number of likely N-dealkylation sites (tertiary alicyclic amines) is 1. The maximum absolute atomic E-state index is 13.2. The molecule has 5 rings (SSSR count). The highest BCUT2D eigenvalue weighted by atomic mass is 35.5. The van der Waals surface area contributed by atoms with Crippen molar-refractivity contribution >= 4 is 29.1 Å². The van der Waals surface area contributed by atoms with Crippen LogP contribution in [-0.2, 0) is 0 Å². The molecule has 1 aromatic carbocycles. The molecule has 31 heavy (non-hydrogen) atoms. The van der Waals surface area contributed by atoms with E-state index in [0.717, 1.165) is 63.6 Å². The van der Waals surface area contributed by atoms with E-state index in [1.807, 2.05) is 41.4 Å². The molecule has 2 aliphatic heterocycles. The predicted molar refractivity (Wildman–Crippen MR) is 120 cm³/mol. The number of nitrogens with zero attached hydrogens (tertiary/aromatic N) is 7. The molecule has 1 amide bonds. The minimum atomic E-state index is -0.0418. The predicted octanol–water partition coefficient (Wildman–Crippen LogP) is 2.88. The zero-order valence-corrected chi connectivity index (χ0v) is 17.9. The number of carbonyl (C=O) groups excluding carboxylic acids is 1. The number of amides is 1. The van der Waals surface area contributed by atoms with Gasteiger partial charge in [0.05, 0.1) is 5.69 Å². The van der Waals surface area contributed by atoms with E-state index in [4.69, 9.17) is 16.7 Å². The zero-order valence-electron chi connectivity index (χ0n) is 17.2. The number of hydrogen-bond donors (Lipinski definition) is 0. The van der Waals surface area contributed by atoms with Gasteiger partial charge in [-0.15, -0.1) is 15.0 Å². The van der Waals surface area contributed by atoms with E-state index in [1.54, 1.807) is 16.9 Å². The van der Waals surface area contributed by atoms with Gasteiger partial charge in [0.1, 0.15) is 5.82 Å². The molecular formula is C22H24ClN7O. The van der Waals surface area contributed by atoms with Crippen molar-refractivity contribution in [1.82, 2.24) is 24.9 Å². The molecule has 4 heterocycles. The number of pyridine rings is 1. The van der Waals surface area contributed by atoms with Crippen LogP contribution in [0.2, 0.25) is 5.02 Å². The quantitative estimate of drug-likeness (QED) is 0.625. The maximum atomic E-state index is 13.2. The second-order valence-electron chi connectivity index (χ2n) is 7.80. The summed E-state index contributed by atoms with van der Waals surface area (Å²) in [6.45, 7) is 4.66. The first-order valence-corrected chi connectivity index (χ1v) is 11.0. The molecular weight excluding hydrogens is 414 g/mol. The van der Waals surface area contributed by atoms with Crippen LogP contribution in [0.4, 0.5) is 11.6 Å². The van der Waals surface area contributed by atoms with Crippen molar-refractivity contribution in [1.29, 1.82) is 0 Å². The lowest BCUT2D eigenvalue weighted by atomic mass is 10.2. The Morgan fingerprint density at radius 3 is 2.23 bits per heavy atom. The van der Waals surface area contributed by atoms with E-state index in [9.17, 15) is 4.79 Å². The van der Waals surface area contributed by atoms with Gasteiger partial charge in [0, 0.05) is 50.5 Å². The molecule has 8 nitrogen and oxygen atoms in total. The summed E-state index contributed by atoms with van der Waals surface area (Å²) in [6, 6.07) is 13.3. The largest absolute Gasteiger partial charge is 0.353 e. The van der Waals surface area contributed by atoms with Gasteiger partial charge in [0.2, 0.25) is 0 Å². The molecule has 160 valence electrons. The smallest absolute Gasteiger partial charge is 0.278 e. The van der Waals surface area contributed by atoms with Crippen LogP contribution in [0.25, 0.3) is 5.69 Å². The number of rotatable bonds is 4. The molecule has 0 atom stereocenters. The molecule has 3 aromatic rings. The van der Waals surface area contributed by atoms with Crippen molar-refractivity contribution in [3.8, 4) is 5.69 Å². The normalized spacial score (nSPS) is 16.7. The van der Waals surface area contributed by atoms with Crippen molar-refractivity contribution in [2.75, 3.05) is 49.1 Å². The van der Waals surface area contributed by atoms with E-state index in [0.29, 0.717) is 16.5 Å². The van der Waals surface area contributed by atoms with Crippen LogP contribution in [-0.4, -0.2) is 70.1 Å².